The molecule has 18 heteroatoms. The Morgan fingerprint density at radius 1 is 0.477 bits per heavy atom. The second kappa shape index (κ2) is 11.6. The van der Waals surface area contributed by atoms with Crippen LogP contribution in [0.15, 0.2) is 36.4 Å². The SMILES string of the molecule is COc1cc(OC)c(C2[C@@H](C(=O)C(F)(F)F)C=C[C@H]2C(=O)C(F)(F)F)cc1C1[C@@H](C(=O)C(F)(F)F)C=C[C@@H]1C(=O)C(F)(F)F. The van der Waals surface area contributed by atoms with Gasteiger partial charge in [0.1, 0.15) is 11.5 Å². The first kappa shape index (κ1) is 34.6. The number of methoxy groups -OCH3 is 2. The number of Topliss-reactive ketones (excluding diaryl/α,β-unsaturated/α-hetero) is 4. The van der Waals surface area contributed by atoms with E-state index < -0.39 is 106 Å². The monoisotopic (exact) mass is 654 g/mol. The summed E-state index contributed by atoms with van der Waals surface area (Å²) in [6, 6.07) is 1.14. The van der Waals surface area contributed by atoms with Gasteiger partial charge >= 0.3 is 24.7 Å². The zero-order valence-corrected chi connectivity index (χ0v) is 21.9. The highest BCUT2D eigenvalue weighted by Crippen LogP contribution is 2.53. The van der Waals surface area contributed by atoms with Crippen molar-refractivity contribution in [2.75, 3.05) is 14.2 Å². The summed E-state index contributed by atoms with van der Waals surface area (Å²) in [7, 11) is 1.65. The molecule has 0 aliphatic heterocycles. The molecule has 0 saturated heterocycles. The van der Waals surface area contributed by atoms with Crippen molar-refractivity contribution in [3.63, 3.8) is 0 Å². The highest BCUT2D eigenvalue weighted by molar-refractivity contribution is 5.96. The van der Waals surface area contributed by atoms with Gasteiger partial charge in [-0.25, -0.2) is 0 Å². The number of benzene rings is 1. The van der Waals surface area contributed by atoms with Gasteiger partial charge in [0.15, 0.2) is 0 Å². The van der Waals surface area contributed by atoms with E-state index in [0.29, 0.717) is 36.4 Å². The zero-order chi connectivity index (χ0) is 33.7. The fraction of sp³-hybridized carbons (Fsp3) is 0.462. The van der Waals surface area contributed by atoms with Gasteiger partial charge in [0.05, 0.1) is 37.9 Å². The lowest BCUT2D eigenvalue weighted by Gasteiger charge is -2.31. The second-order valence-electron chi connectivity index (χ2n) is 9.71. The quantitative estimate of drug-likeness (QED) is 0.253. The molecule has 1 aromatic rings. The zero-order valence-electron chi connectivity index (χ0n) is 21.9. The van der Waals surface area contributed by atoms with Crippen molar-refractivity contribution < 1.29 is 81.3 Å². The van der Waals surface area contributed by atoms with E-state index in [1.807, 2.05) is 0 Å². The van der Waals surface area contributed by atoms with Crippen LogP contribution in [-0.4, -0.2) is 62.1 Å². The van der Waals surface area contributed by atoms with Crippen LogP contribution in [0, 0.1) is 23.7 Å². The summed E-state index contributed by atoms with van der Waals surface area (Å²) < 4.78 is 171. The molecule has 0 radical (unpaired) electrons. The molecule has 0 heterocycles. The van der Waals surface area contributed by atoms with Crippen LogP contribution in [-0.2, 0) is 19.2 Å². The maximum Gasteiger partial charge on any atom is 0.450 e. The molecule has 242 valence electrons. The molecule has 0 spiro atoms. The lowest BCUT2D eigenvalue weighted by atomic mass is 9.73. The summed E-state index contributed by atoms with van der Waals surface area (Å²) in [5.74, 6) is -26.8. The topological polar surface area (TPSA) is 86.7 Å². The van der Waals surface area contributed by atoms with Crippen molar-refractivity contribution in [2.24, 2.45) is 23.7 Å². The molecule has 0 aromatic heterocycles. The van der Waals surface area contributed by atoms with E-state index in [0.717, 1.165) is 14.2 Å². The lowest BCUT2D eigenvalue weighted by Crippen LogP contribution is -2.38. The average Bonchev–Trinajstić information content (AvgIpc) is 3.53. The van der Waals surface area contributed by atoms with Gasteiger partial charge in [-0.05, 0) is 17.2 Å². The lowest BCUT2D eigenvalue weighted by molar-refractivity contribution is -0.178. The maximum atomic E-state index is 13.4. The van der Waals surface area contributed by atoms with Crippen LogP contribution in [0.3, 0.4) is 0 Å². The normalized spacial score (nSPS) is 24.5. The molecule has 5 atom stereocenters. The largest absolute Gasteiger partial charge is 0.496 e. The van der Waals surface area contributed by atoms with E-state index in [1.54, 1.807) is 0 Å². The predicted molar refractivity (Wildman–Crippen MR) is 122 cm³/mol. The molecule has 0 fully saturated rings. The Bertz CT molecular complexity index is 1230. The smallest absolute Gasteiger partial charge is 0.450 e. The average molecular weight is 654 g/mol. The van der Waals surface area contributed by atoms with E-state index in [-0.39, 0.29) is 0 Å². The van der Waals surface area contributed by atoms with E-state index in [9.17, 15) is 71.9 Å². The van der Waals surface area contributed by atoms with E-state index >= 15 is 0 Å². The van der Waals surface area contributed by atoms with Gasteiger partial charge in [0.25, 0.3) is 0 Å². The number of halogens is 12. The second-order valence-corrected chi connectivity index (χ2v) is 9.71. The predicted octanol–water partition coefficient (Wildman–Crippen LogP) is 6.00. The fourth-order valence-corrected chi connectivity index (χ4v) is 5.41. The van der Waals surface area contributed by atoms with Gasteiger partial charge in [-0.15, -0.1) is 0 Å². The van der Waals surface area contributed by atoms with Gasteiger partial charge in [0.2, 0.25) is 23.1 Å². The van der Waals surface area contributed by atoms with Gasteiger partial charge in [-0.2, -0.15) is 52.7 Å². The van der Waals surface area contributed by atoms with Crippen molar-refractivity contribution in [1.29, 1.82) is 0 Å². The van der Waals surface area contributed by atoms with Gasteiger partial charge in [0, 0.05) is 17.9 Å². The van der Waals surface area contributed by atoms with Crippen LogP contribution in [0.25, 0.3) is 0 Å². The van der Waals surface area contributed by atoms with Crippen molar-refractivity contribution in [3.8, 4) is 11.5 Å². The van der Waals surface area contributed by atoms with Crippen LogP contribution in [0.1, 0.15) is 23.0 Å². The van der Waals surface area contributed by atoms with E-state index in [2.05, 4.69) is 0 Å². The summed E-state index contributed by atoms with van der Waals surface area (Å²) in [5.41, 5.74) is -1.72. The molecule has 1 unspecified atom stereocenters. The minimum atomic E-state index is -5.67. The van der Waals surface area contributed by atoms with Crippen LogP contribution in [0.5, 0.6) is 11.5 Å². The molecule has 1 aromatic carbocycles. The summed E-state index contributed by atoms with van der Waals surface area (Å²) >= 11 is 0. The van der Waals surface area contributed by atoms with Crippen LogP contribution in [0.2, 0.25) is 0 Å². The molecule has 0 N–H and O–H groups in total. The van der Waals surface area contributed by atoms with E-state index in [1.165, 1.54) is 0 Å². The molecular weight excluding hydrogens is 636 g/mol. The van der Waals surface area contributed by atoms with Crippen molar-refractivity contribution in [2.45, 2.75) is 36.5 Å². The highest BCUT2D eigenvalue weighted by Gasteiger charge is 2.57. The Kier molecular flexibility index (Phi) is 9.11. The van der Waals surface area contributed by atoms with Gasteiger partial charge < -0.3 is 9.47 Å². The van der Waals surface area contributed by atoms with Crippen molar-refractivity contribution in [3.05, 3.63) is 47.6 Å². The Morgan fingerprint density at radius 2 is 0.705 bits per heavy atom. The molecule has 0 bridgehead atoms. The fourth-order valence-electron chi connectivity index (χ4n) is 5.41. The third-order valence-corrected chi connectivity index (χ3v) is 7.23. The maximum absolute atomic E-state index is 13.4. The van der Waals surface area contributed by atoms with Crippen LogP contribution in [0.4, 0.5) is 52.7 Å². The third-order valence-electron chi connectivity index (χ3n) is 7.23. The Balaban J connectivity index is 2.37. The van der Waals surface area contributed by atoms with Crippen LogP contribution >= 0.6 is 0 Å². The molecule has 2 aliphatic rings. The third kappa shape index (κ3) is 6.47. The summed E-state index contributed by atoms with van der Waals surface area (Å²) in [6.07, 6.45) is -21.2. The van der Waals surface area contributed by atoms with Gasteiger partial charge in [-0.3, -0.25) is 19.2 Å². The molecule has 0 saturated carbocycles. The first-order chi connectivity index (χ1) is 20.0. The standard InChI is InChI=1S/C26H18F12O6/c1-43-15-8-16(44-2)14(18-11(21(41)25(33,34)35)5-6-12(18)22(42)26(36,37)38)7-13(15)17-9(19(39)23(27,28)29)3-4-10(17)20(40)24(30,31)32/h3-12,17-18H,1-2H3/t9-,10-,11-,12+,18?/m0/s1. The van der Waals surface area contributed by atoms with Gasteiger partial charge in [-0.1, -0.05) is 24.3 Å². The number of allylic oxidation sites excluding steroid dienone is 4. The first-order valence-electron chi connectivity index (χ1n) is 12.0. The molecule has 3 rings (SSSR count). The number of carbonyl (C=O) groups excluding carboxylic acids is 4. The number of ether oxygens (including phenoxy) is 2. The van der Waals surface area contributed by atoms with Crippen molar-refractivity contribution in [1.82, 2.24) is 0 Å². The van der Waals surface area contributed by atoms with E-state index in [4.69, 9.17) is 9.47 Å². The number of hydrogen-bond donors (Lipinski definition) is 0. The summed E-state index contributed by atoms with van der Waals surface area (Å²) in [4.78, 5) is 49.0. The Hall–Kier alpha value is -3.86. The number of alkyl halides is 12. The summed E-state index contributed by atoms with van der Waals surface area (Å²) in [5, 5.41) is 0. The number of carbonyl (C=O) groups is 4. The summed E-state index contributed by atoms with van der Waals surface area (Å²) in [6.45, 7) is 0. The molecule has 44 heavy (non-hydrogen) atoms. The molecular formula is C26H18F12O6. The minimum absolute atomic E-state index is 0.362. The minimum Gasteiger partial charge on any atom is -0.496 e. The number of ketones is 4. The highest BCUT2D eigenvalue weighted by atomic mass is 19.4. The molecule has 6 nitrogen and oxygen atoms in total. The Morgan fingerprint density at radius 3 is 0.886 bits per heavy atom. The van der Waals surface area contributed by atoms with Crippen LogP contribution < -0.4 is 9.47 Å². The molecule has 2 aliphatic carbocycles. The first-order valence-corrected chi connectivity index (χ1v) is 12.0. The van der Waals surface area contributed by atoms with Crippen molar-refractivity contribution >= 4 is 23.1 Å². The molecule has 0 amide bonds. The number of rotatable bonds is 8. The number of hydrogen-bond acceptors (Lipinski definition) is 6. The Labute approximate surface area is 238 Å².